The van der Waals surface area contributed by atoms with Gasteiger partial charge in [-0.05, 0) is 37.7 Å². The van der Waals surface area contributed by atoms with Crippen molar-refractivity contribution in [2.24, 2.45) is 0 Å². The van der Waals surface area contributed by atoms with E-state index in [0.717, 1.165) is 37.8 Å². The van der Waals surface area contributed by atoms with E-state index in [1.807, 2.05) is 0 Å². The number of nitrogens with one attached hydrogen (secondary N) is 1. The number of methoxy groups -OCH3 is 1. The van der Waals surface area contributed by atoms with Crippen molar-refractivity contribution in [2.75, 3.05) is 13.7 Å². The van der Waals surface area contributed by atoms with Crippen LogP contribution in [0.15, 0.2) is 11.6 Å². The second-order valence-corrected chi connectivity index (χ2v) is 4.75. The van der Waals surface area contributed by atoms with Crippen LogP contribution in [0.4, 0.5) is 0 Å². The average molecular weight is 223 g/mol. The number of ketones is 1. The predicted octanol–water partition coefficient (Wildman–Crippen LogP) is 1.82. The molecular weight excluding hydrogens is 202 g/mol. The Bertz CT molecular complexity index is 286. The summed E-state index contributed by atoms with van der Waals surface area (Å²) >= 11 is 0. The monoisotopic (exact) mass is 223 g/mol. The number of hydrogen-bond acceptors (Lipinski definition) is 3. The van der Waals surface area contributed by atoms with Gasteiger partial charge in [0.05, 0.1) is 12.1 Å². The summed E-state index contributed by atoms with van der Waals surface area (Å²) in [5.74, 6) is 0.307. The maximum absolute atomic E-state index is 12.2. The molecule has 16 heavy (non-hydrogen) atoms. The molecule has 0 radical (unpaired) electrons. The molecule has 2 atom stereocenters. The summed E-state index contributed by atoms with van der Waals surface area (Å²) in [7, 11) is 1.71. The van der Waals surface area contributed by atoms with Crippen molar-refractivity contribution >= 4 is 5.78 Å². The quantitative estimate of drug-likeness (QED) is 0.793. The van der Waals surface area contributed by atoms with E-state index in [1.54, 1.807) is 7.11 Å². The molecule has 2 aliphatic rings. The first kappa shape index (κ1) is 11.8. The molecule has 0 aromatic carbocycles. The molecule has 0 spiro atoms. The summed E-state index contributed by atoms with van der Waals surface area (Å²) in [6.07, 6.45) is 8.87. The summed E-state index contributed by atoms with van der Waals surface area (Å²) in [6.45, 7) is 0.806. The Labute approximate surface area is 97.2 Å². The summed E-state index contributed by atoms with van der Waals surface area (Å²) in [5.41, 5.74) is 1.05. The average Bonchev–Trinajstić information content (AvgIpc) is 2.62. The van der Waals surface area contributed by atoms with Gasteiger partial charge in [-0.2, -0.15) is 0 Å². The lowest BCUT2D eigenvalue weighted by molar-refractivity contribution is -0.117. The standard InChI is InChI=1S/C13H21NO2/c1-16-11-8-12(14-9-11)13(15)10-6-4-2-3-5-7-10/h6,11-12,14H,2-5,7-9H2,1H3. The third-order valence-electron chi connectivity index (χ3n) is 3.60. The summed E-state index contributed by atoms with van der Waals surface area (Å²) in [6, 6.07) is -0.00528. The number of allylic oxidation sites excluding steroid dienone is 1. The van der Waals surface area contributed by atoms with Gasteiger partial charge in [0.25, 0.3) is 0 Å². The third kappa shape index (κ3) is 2.71. The van der Waals surface area contributed by atoms with E-state index >= 15 is 0 Å². The summed E-state index contributed by atoms with van der Waals surface area (Å²) in [5, 5.41) is 3.26. The van der Waals surface area contributed by atoms with E-state index in [9.17, 15) is 4.79 Å². The topological polar surface area (TPSA) is 38.3 Å². The Balaban J connectivity index is 1.94. The van der Waals surface area contributed by atoms with Gasteiger partial charge in [-0.25, -0.2) is 0 Å². The first-order chi connectivity index (χ1) is 7.81. The van der Waals surface area contributed by atoms with Gasteiger partial charge in [-0.15, -0.1) is 0 Å². The number of carbonyl (C=O) groups excluding carboxylic acids is 1. The molecule has 0 saturated carbocycles. The molecule has 3 heteroatoms. The number of rotatable bonds is 3. The van der Waals surface area contributed by atoms with Crippen LogP contribution in [0.3, 0.4) is 0 Å². The van der Waals surface area contributed by atoms with Gasteiger partial charge in [-0.3, -0.25) is 4.79 Å². The van der Waals surface area contributed by atoms with Crippen LogP contribution in [-0.4, -0.2) is 31.6 Å². The summed E-state index contributed by atoms with van der Waals surface area (Å²) < 4.78 is 5.27. The first-order valence-electron chi connectivity index (χ1n) is 6.30. The van der Waals surface area contributed by atoms with Gasteiger partial charge >= 0.3 is 0 Å². The minimum atomic E-state index is -0.00528. The molecule has 1 N–H and O–H groups in total. The minimum Gasteiger partial charge on any atom is -0.380 e. The van der Waals surface area contributed by atoms with E-state index in [-0.39, 0.29) is 12.1 Å². The van der Waals surface area contributed by atoms with Crippen LogP contribution in [-0.2, 0) is 9.53 Å². The Morgan fingerprint density at radius 2 is 2.31 bits per heavy atom. The summed E-state index contributed by atoms with van der Waals surface area (Å²) in [4.78, 5) is 12.2. The molecule has 0 amide bonds. The molecule has 2 rings (SSSR count). The van der Waals surface area contributed by atoms with Crippen LogP contribution < -0.4 is 5.32 Å². The molecule has 0 aromatic rings. The largest absolute Gasteiger partial charge is 0.380 e. The predicted molar refractivity (Wildman–Crippen MR) is 63.4 cm³/mol. The zero-order valence-electron chi connectivity index (χ0n) is 10.00. The van der Waals surface area contributed by atoms with E-state index in [1.165, 1.54) is 12.8 Å². The number of Topliss-reactive ketones (excluding diaryl/α,β-unsaturated/α-hetero) is 1. The Hall–Kier alpha value is -0.670. The van der Waals surface area contributed by atoms with Crippen molar-refractivity contribution in [1.29, 1.82) is 0 Å². The highest BCUT2D eigenvalue weighted by atomic mass is 16.5. The van der Waals surface area contributed by atoms with Crippen LogP contribution in [0, 0.1) is 0 Å². The molecule has 1 saturated heterocycles. The zero-order valence-corrected chi connectivity index (χ0v) is 10.00. The van der Waals surface area contributed by atoms with Crippen molar-refractivity contribution in [2.45, 2.75) is 50.7 Å². The third-order valence-corrected chi connectivity index (χ3v) is 3.60. The van der Waals surface area contributed by atoms with Crippen LogP contribution in [0.5, 0.6) is 0 Å². The lowest BCUT2D eigenvalue weighted by atomic mass is 9.99. The van der Waals surface area contributed by atoms with Crippen LogP contribution in [0.2, 0.25) is 0 Å². The van der Waals surface area contributed by atoms with Gasteiger partial charge < -0.3 is 10.1 Å². The fourth-order valence-corrected chi connectivity index (χ4v) is 2.55. The van der Waals surface area contributed by atoms with Gasteiger partial charge in [0.2, 0.25) is 0 Å². The number of hydrogen-bond donors (Lipinski definition) is 1. The van der Waals surface area contributed by atoms with Gasteiger partial charge in [0.15, 0.2) is 5.78 Å². The van der Waals surface area contributed by atoms with Crippen molar-refractivity contribution < 1.29 is 9.53 Å². The fourth-order valence-electron chi connectivity index (χ4n) is 2.55. The number of ether oxygens (including phenoxy) is 1. The molecule has 3 nitrogen and oxygen atoms in total. The first-order valence-corrected chi connectivity index (χ1v) is 6.30. The van der Waals surface area contributed by atoms with Gasteiger partial charge in [0.1, 0.15) is 0 Å². The Morgan fingerprint density at radius 3 is 3.06 bits per heavy atom. The van der Waals surface area contributed by atoms with E-state index in [2.05, 4.69) is 11.4 Å². The molecular formula is C13H21NO2. The second-order valence-electron chi connectivity index (χ2n) is 4.75. The molecule has 90 valence electrons. The highest BCUT2D eigenvalue weighted by molar-refractivity contribution is 5.99. The minimum absolute atomic E-state index is 0.00528. The Morgan fingerprint density at radius 1 is 1.44 bits per heavy atom. The van der Waals surface area contributed by atoms with Crippen LogP contribution in [0.25, 0.3) is 0 Å². The zero-order chi connectivity index (χ0) is 11.4. The maximum Gasteiger partial charge on any atom is 0.175 e. The normalized spacial score (nSPS) is 30.9. The van der Waals surface area contributed by atoms with Gasteiger partial charge in [0, 0.05) is 13.7 Å². The number of carbonyl (C=O) groups is 1. The van der Waals surface area contributed by atoms with E-state index < -0.39 is 0 Å². The van der Waals surface area contributed by atoms with Crippen LogP contribution >= 0.6 is 0 Å². The molecule has 0 aromatic heterocycles. The SMILES string of the molecule is COC1CNC(C(=O)C2=CCCCCC2)C1. The van der Waals surface area contributed by atoms with Crippen LogP contribution in [0.1, 0.15) is 38.5 Å². The van der Waals surface area contributed by atoms with E-state index in [0.29, 0.717) is 5.78 Å². The van der Waals surface area contributed by atoms with E-state index in [4.69, 9.17) is 4.74 Å². The fraction of sp³-hybridized carbons (Fsp3) is 0.769. The van der Waals surface area contributed by atoms with Crippen molar-refractivity contribution in [3.05, 3.63) is 11.6 Å². The lowest BCUT2D eigenvalue weighted by Crippen LogP contribution is -2.31. The van der Waals surface area contributed by atoms with Crippen molar-refractivity contribution in [1.82, 2.24) is 5.32 Å². The smallest absolute Gasteiger partial charge is 0.175 e. The van der Waals surface area contributed by atoms with Crippen molar-refractivity contribution in [3.63, 3.8) is 0 Å². The highest BCUT2D eigenvalue weighted by Gasteiger charge is 2.30. The highest BCUT2D eigenvalue weighted by Crippen LogP contribution is 2.21. The molecule has 0 bridgehead atoms. The lowest BCUT2D eigenvalue weighted by Gasteiger charge is -2.11. The van der Waals surface area contributed by atoms with Gasteiger partial charge in [-0.1, -0.05) is 12.5 Å². The second kappa shape index (κ2) is 5.60. The van der Waals surface area contributed by atoms with Crippen molar-refractivity contribution in [3.8, 4) is 0 Å². The molecule has 2 unspecified atom stereocenters. The molecule has 1 fully saturated rings. The Kier molecular flexibility index (Phi) is 4.13. The maximum atomic E-state index is 12.2. The molecule has 1 aliphatic heterocycles. The molecule has 1 aliphatic carbocycles. The molecule has 1 heterocycles.